The average molecular weight is 415 g/mol. The lowest BCUT2D eigenvalue weighted by Crippen LogP contribution is -2.41. The fraction of sp³-hybridized carbons (Fsp3) is 0.474. The van der Waals surface area contributed by atoms with E-state index in [2.05, 4.69) is 43.2 Å². The van der Waals surface area contributed by atoms with E-state index in [4.69, 9.17) is 17.3 Å². The smallest absolute Gasteiger partial charge is 0.229 e. The monoisotopic (exact) mass is 414 g/mol. The molecule has 152 valence electrons. The Balaban J connectivity index is 1.33. The Morgan fingerprint density at radius 2 is 2.17 bits per heavy atom. The number of hydrogen-bond donors (Lipinski definition) is 4. The molecule has 3 heterocycles. The van der Waals surface area contributed by atoms with Gasteiger partial charge in [-0.15, -0.1) is 0 Å². The fourth-order valence-electron chi connectivity index (χ4n) is 4.69. The molecule has 5 atom stereocenters. The van der Waals surface area contributed by atoms with E-state index in [-0.39, 0.29) is 29.7 Å². The topological polar surface area (TPSA) is 123 Å². The molecule has 29 heavy (non-hydrogen) atoms. The Hall–Kier alpha value is -2.65. The standard InChI is InChI=1S/C19H23ClN8O/c20-14-8-23-19(25-12-6-24-28(9-12)13-3-4-22-7-13)27-18(14)26-16-11-2-1-10(5-11)15(16)17(21)29/h1-2,6,8-11,13,15-16,22H,3-5,7H2,(H2,21,29)(H2,23,25,26,27)/t10-,11-,13-,15-,16+/m0/s1. The highest BCUT2D eigenvalue weighted by atomic mass is 35.5. The maximum Gasteiger partial charge on any atom is 0.229 e. The van der Waals surface area contributed by atoms with Gasteiger partial charge in [0.2, 0.25) is 11.9 Å². The van der Waals surface area contributed by atoms with Gasteiger partial charge in [0.15, 0.2) is 5.82 Å². The normalized spacial score (nSPS) is 30.0. The molecule has 2 aromatic rings. The summed E-state index contributed by atoms with van der Waals surface area (Å²) in [6.45, 7) is 1.93. The summed E-state index contributed by atoms with van der Waals surface area (Å²) >= 11 is 6.32. The number of nitrogens with zero attached hydrogens (tertiary/aromatic N) is 4. The molecule has 2 bridgehead atoms. The van der Waals surface area contributed by atoms with Gasteiger partial charge in [0, 0.05) is 18.8 Å². The molecule has 0 spiro atoms. The number of nitrogens with two attached hydrogens (primary N) is 1. The average Bonchev–Trinajstić information content (AvgIpc) is 3.48. The molecule has 0 aromatic carbocycles. The van der Waals surface area contributed by atoms with Gasteiger partial charge in [0.05, 0.1) is 30.0 Å². The van der Waals surface area contributed by atoms with E-state index >= 15 is 0 Å². The second-order valence-corrected chi connectivity index (χ2v) is 8.32. The second-order valence-electron chi connectivity index (χ2n) is 7.92. The number of nitrogens with one attached hydrogen (secondary N) is 3. The summed E-state index contributed by atoms with van der Waals surface area (Å²) in [5, 5.41) is 14.7. The minimum Gasteiger partial charge on any atom is -0.369 e. The lowest BCUT2D eigenvalue weighted by Gasteiger charge is -2.27. The molecule has 1 saturated heterocycles. The number of allylic oxidation sites excluding steroid dienone is 1. The number of fused-ring (bicyclic) bond motifs is 2. The molecule has 2 aromatic heterocycles. The number of primary amides is 1. The van der Waals surface area contributed by atoms with Gasteiger partial charge in [0.1, 0.15) is 5.02 Å². The highest BCUT2D eigenvalue weighted by molar-refractivity contribution is 6.32. The first-order valence-corrected chi connectivity index (χ1v) is 10.2. The minimum atomic E-state index is -0.295. The quantitative estimate of drug-likeness (QED) is 0.530. The van der Waals surface area contributed by atoms with Gasteiger partial charge < -0.3 is 21.7 Å². The van der Waals surface area contributed by atoms with E-state index in [0.29, 0.717) is 22.8 Å². The molecule has 1 aliphatic heterocycles. The van der Waals surface area contributed by atoms with Gasteiger partial charge >= 0.3 is 0 Å². The van der Waals surface area contributed by atoms with E-state index in [1.54, 1.807) is 12.4 Å². The molecule has 2 fully saturated rings. The van der Waals surface area contributed by atoms with Gasteiger partial charge in [-0.05, 0) is 31.2 Å². The van der Waals surface area contributed by atoms with Crippen molar-refractivity contribution >= 4 is 35.0 Å². The Morgan fingerprint density at radius 3 is 2.97 bits per heavy atom. The van der Waals surface area contributed by atoms with Gasteiger partial charge in [-0.2, -0.15) is 10.1 Å². The first kappa shape index (κ1) is 18.4. The lowest BCUT2D eigenvalue weighted by molar-refractivity contribution is -0.122. The van der Waals surface area contributed by atoms with Crippen LogP contribution in [0.4, 0.5) is 17.5 Å². The molecule has 3 aliphatic rings. The Kier molecular flexibility index (Phi) is 4.63. The van der Waals surface area contributed by atoms with E-state index < -0.39 is 0 Å². The van der Waals surface area contributed by atoms with Crippen molar-refractivity contribution < 1.29 is 4.79 Å². The van der Waals surface area contributed by atoms with Crippen molar-refractivity contribution in [2.75, 3.05) is 23.7 Å². The van der Waals surface area contributed by atoms with E-state index in [1.165, 1.54) is 0 Å². The second kappa shape index (κ2) is 7.31. The van der Waals surface area contributed by atoms with E-state index in [1.807, 2.05) is 10.9 Å². The summed E-state index contributed by atoms with van der Waals surface area (Å²) in [6, 6.07) is 0.255. The molecule has 5 rings (SSSR count). The minimum absolute atomic E-state index is 0.111. The molecular formula is C19H23ClN8O. The molecule has 1 amide bonds. The Bertz CT molecular complexity index is 953. The number of carbonyl (C=O) groups excluding carboxylic acids is 1. The SMILES string of the molecule is NC(=O)[C@@H]1[C@H](Nc2nc(Nc3cnn([C@H]4CCNC4)c3)ncc2Cl)[C@H]2C=C[C@H]1C2. The number of anilines is 3. The van der Waals surface area contributed by atoms with Gasteiger partial charge in [0.25, 0.3) is 0 Å². The van der Waals surface area contributed by atoms with Crippen molar-refractivity contribution in [1.29, 1.82) is 0 Å². The zero-order valence-corrected chi connectivity index (χ0v) is 16.5. The van der Waals surface area contributed by atoms with Crippen molar-refractivity contribution in [3.8, 4) is 0 Å². The third-order valence-electron chi connectivity index (χ3n) is 6.10. The lowest BCUT2D eigenvalue weighted by atomic mass is 9.88. The van der Waals surface area contributed by atoms with Crippen LogP contribution in [0.5, 0.6) is 0 Å². The highest BCUT2D eigenvalue weighted by Crippen LogP contribution is 2.45. The first-order chi connectivity index (χ1) is 14.1. The van der Waals surface area contributed by atoms with Crippen LogP contribution < -0.4 is 21.7 Å². The van der Waals surface area contributed by atoms with Crippen molar-refractivity contribution in [3.05, 3.63) is 35.8 Å². The summed E-state index contributed by atoms with van der Waals surface area (Å²) < 4.78 is 1.95. The number of halogens is 1. The molecule has 5 N–H and O–H groups in total. The fourth-order valence-corrected chi connectivity index (χ4v) is 4.84. The Morgan fingerprint density at radius 1 is 1.31 bits per heavy atom. The Labute approximate surface area is 173 Å². The number of rotatable bonds is 6. The maximum atomic E-state index is 12.0. The van der Waals surface area contributed by atoms with Crippen LogP contribution in [0.2, 0.25) is 5.02 Å². The molecule has 2 aliphatic carbocycles. The number of hydrogen-bond acceptors (Lipinski definition) is 7. The highest BCUT2D eigenvalue weighted by Gasteiger charge is 2.47. The first-order valence-electron chi connectivity index (χ1n) is 9.87. The van der Waals surface area contributed by atoms with Crippen LogP contribution in [0.25, 0.3) is 0 Å². The van der Waals surface area contributed by atoms with Crippen molar-refractivity contribution in [1.82, 2.24) is 25.1 Å². The largest absolute Gasteiger partial charge is 0.369 e. The summed E-state index contributed by atoms with van der Waals surface area (Å²) in [6.07, 6.45) is 11.5. The number of amides is 1. The van der Waals surface area contributed by atoms with Crippen LogP contribution in [0.3, 0.4) is 0 Å². The van der Waals surface area contributed by atoms with Crippen LogP contribution in [-0.4, -0.2) is 44.8 Å². The summed E-state index contributed by atoms with van der Waals surface area (Å²) in [4.78, 5) is 20.7. The molecule has 0 unspecified atom stereocenters. The van der Waals surface area contributed by atoms with Crippen molar-refractivity contribution in [3.63, 3.8) is 0 Å². The number of carbonyl (C=O) groups is 1. The third kappa shape index (κ3) is 3.44. The van der Waals surface area contributed by atoms with Crippen LogP contribution >= 0.6 is 11.6 Å². The zero-order valence-electron chi connectivity index (χ0n) is 15.8. The molecule has 0 radical (unpaired) electrons. The van der Waals surface area contributed by atoms with Crippen molar-refractivity contribution in [2.24, 2.45) is 23.5 Å². The molecule has 9 nitrogen and oxygen atoms in total. The predicted octanol–water partition coefficient (Wildman–Crippen LogP) is 1.69. The van der Waals surface area contributed by atoms with Gasteiger partial charge in [-0.3, -0.25) is 9.48 Å². The zero-order chi connectivity index (χ0) is 20.0. The summed E-state index contributed by atoms with van der Waals surface area (Å²) in [7, 11) is 0. The maximum absolute atomic E-state index is 12.0. The molecular weight excluding hydrogens is 392 g/mol. The van der Waals surface area contributed by atoms with E-state index in [0.717, 1.165) is 31.6 Å². The van der Waals surface area contributed by atoms with Crippen LogP contribution in [0.1, 0.15) is 18.9 Å². The molecule has 1 saturated carbocycles. The van der Waals surface area contributed by atoms with Gasteiger partial charge in [-0.1, -0.05) is 23.8 Å². The summed E-state index contributed by atoms with van der Waals surface area (Å²) in [5.41, 5.74) is 6.46. The molecule has 10 heteroatoms. The summed E-state index contributed by atoms with van der Waals surface area (Å²) in [5.74, 6) is 0.786. The van der Waals surface area contributed by atoms with Crippen LogP contribution in [0.15, 0.2) is 30.7 Å². The van der Waals surface area contributed by atoms with Crippen molar-refractivity contribution in [2.45, 2.75) is 24.9 Å². The predicted molar refractivity (Wildman–Crippen MR) is 110 cm³/mol. The van der Waals surface area contributed by atoms with Crippen LogP contribution in [-0.2, 0) is 4.79 Å². The number of aromatic nitrogens is 4. The third-order valence-corrected chi connectivity index (χ3v) is 6.38. The van der Waals surface area contributed by atoms with Gasteiger partial charge in [-0.25, -0.2) is 4.98 Å². The van der Waals surface area contributed by atoms with Crippen LogP contribution in [0, 0.1) is 17.8 Å². The van der Waals surface area contributed by atoms with E-state index in [9.17, 15) is 4.79 Å².